The Morgan fingerprint density at radius 2 is 1.81 bits per heavy atom. The first kappa shape index (κ1) is 19.8. The molecule has 0 amide bonds. The molecule has 0 saturated carbocycles. The van der Waals surface area contributed by atoms with Crippen LogP contribution in [0.4, 0.5) is 0 Å². The van der Waals surface area contributed by atoms with E-state index in [2.05, 4.69) is 0 Å². The van der Waals surface area contributed by atoms with E-state index in [1.165, 1.54) is 10.4 Å². The number of carbonyl (C=O) groups is 1. The second-order valence-electron chi connectivity index (χ2n) is 6.79. The zero-order chi connectivity index (χ0) is 19.6. The van der Waals surface area contributed by atoms with Crippen LogP contribution in [0, 0.1) is 13.8 Å². The van der Waals surface area contributed by atoms with E-state index >= 15 is 0 Å². The number of aryl methyl sites for hydroxylation is 2. The highest BCUT2D eigenvalue weighted by Crippen LogP contribution is 2.32. The molecule has 0 N–H and O–H groups in total. The van der Waals surface area contributed by atoms with Crippen LogP contribution in [0.15, 0.2) is 34.5 Å². The highest BCUT2D eigenvalue weighted by molar-refractivity contribution is 7.91. The quantitative estimate of drug-likeness (QED) is 0.718. The van der Waals surface area contributed by atoms with Gasteiger partial charge in [0.25, 0.3) is 10.0 Å². The zero-order valence-corrected chi connectivity index (χ0v) is 17.0. The van der Waals surface area contributed by atoms with E-state index in [1.54, 1.807) is 12.1 Å². The van der Waals surface area contributed by atoms with Crippen molar-refractivity contribution in [3.63, 3.8) is 0 Å². The van der Waals surface area contributed by atoms with Crippen LogP contribution in [0.1, 0.15) is 40.8 Å². The molecular weight excluding hydrogens is 382 g/mol. The fourth-order valence-corrected chi connectivity index (χ4v) is 6.12. The molecule has 27 heavy (non-hydrogen) atoms. The molecule has 1 aliphatic heterocycles. The summed E-state index contributed by atoms with van der Waals surface area (Å²) >= 11 is 0.980. The number of sulfonamides is 1. The van der Waals surface area contributed by atoms with Crippen LogP contribution in [-0.2, 0) is 14.8 Å². The van der Waals surface area contributed by atoms with Gasteiger partial charge in [-0.15, -0.1) is 11.3 Å². The van der Waals surface area contributed by atoms with Gasteiger partial charge < -0.3 is 9.90 Å². The summed E-state index contributed by atoms with van der Waals surface area (Å²) in [5.41, 5.74) is 2.73. The minimum Gasteiger partial charge on any atom is -0.545 e. The third-order valence-corrected chi connectivity index (χ3v) is 8.20. The minimum absolute atomic E-state index is 0.00575. The number of rotatable bonds is 5. The molecular formula is C20H22NO4S2-. The van der Waals surface area contributed by atoms with Crippen molar-refractivity contribution in [1.29, 1.82) is 0 Å². The molecule has 0 bridgehead atoms. The van der Waals surface area contributed by atoms with Gasteiger partial charge in [-0.3, -0.25) is 0 Å². The summed E-state index contributed by atoms with van der Waals surface area (Å²) in [5, 5.41) is 11.7. The van der Waals surface area contributed by atoms with Crippen LogP contribution in [-0.4, -0.2) is 31.8 Å². The number of benzene rings is 1. The molecule has 1 saturated heterocycles. The summed E-state index contributed by atoms with van der Waals surface area (Å²) in [7, 11) is -3.58. The molecule has 2 aromatic rings. The molecule has 7 heteroatoms. The van der Waals surface area contributed by atoms with Gasteiger partial charge in [-0.2, -0.15) is 4.31 Å². The molecule has 1 aromatic carbocycles. The van der Waals surface area contributed by atoms with Gasteiger partial charge in [-0.05, 0) is 56.0 Å². The van der Waals surface area contributed by atoms with Crippen molar-refractivity contribution in [1.82, 2.24) is 4.31 Å². The number of aliphatic carboxylic acids is 1. The first-order valence-electron chi connectivity index (χ1n) is 8.90. The highest BCUT2D eigenvalue weighted by Gasteiger charge is 2.27. The molecule has 0 unspecified atom stereocenters. The summed E-state index contributed by atoms with van der Waals surface area (Å²) in [5.74, 6) is -1.32. The largest absolute Gasteiger partial charge is 0.545 e. The van der Waals surface area contributed by atoms with Gasteiger partial charge in [0, 0.05) is 23.5 Å². The number of piperidine rings is 1. The van der Waals surface area contributed by atoms with Crippen molar-refractivity contribution in [3.05, 3.63) is 51.9 Å². The Bertz CT molecular complexity index is 983. The summed E-state index contributed by atoms with van der Waals surface area (Å²) in [6.07, 6.45) is 4.30. The maximum Gasteiger partial charge on any atom is 0.252 e. The number of nitrogens with zero attached hydrogens (tertiary/aromatic N) is 1. The van der Waals surface area contributed by atoms with Crippen molar-refractivity contribution in [2.24, 2.45) is 0 Å². The number of carbonyl (C=O) groups excluding carboxylic acids is 1. The lowest BCUT2D eigenvalue weighted by Gasteiger charge is -2.25. The average Bonchev–Trinajstić information content (AvgIpc) is 3.13. The molecule has 0 radical (unpaired) electrons. The van der Waals surface area contributed by atoms with Gasteiger partial charge in [-0.1, -0.05) is 30.2 Å². The van der Waals surface area contributed by atoms with Crippen LogP contribution in [0.3, 0.4) is 0 Å². The predicted octanol–water partition coefficient (Wildman–Crippen LogP) is 2.83. The summed E-state index contributed by atoms with van der Waals surface area (Å²) in [4.78, 5) is 12.1. The topological polar surface area (TPSA) is 77.5 Å². The Hall–Kier alpha value is -1.96. The molecule has 144 valence electrons. The number of hydrogen-bond acceptors (Lipinski definition) is 5. The number of carboxylic acid groups (broad SMARTS) is 1. The van der Waals surface area contributed by atoms with E-state index in [0.717, 1.165) is 47.3 Å². The van der Waals surface area contributed by atoms with Crippen molar-refractivity contribution >= 4 is 39.0 Å². The highest BCUT2D eigenvalue weighted by atomic mass is 32.2. The zero-order valence-electron chi connectivity index (χ0n) is 15.4. The third kappa shape index (κ3) is 4.31. The molecule has 5 nitrogen and oxygen atoms in total. The lowest BCUT2D eigenvalue weighted by Crippen LogP contribution is -2.35. The maximum atomic E-state index is 12.8. The fraction of sp³-hybridized carbons (Fsp3) is 0.350. The monoisotopic (exact) mass is 404 g/mol. The maximum absolute atomic E-state index is 12.8. The lowest BCUT2D eigenvalue weighted by atomic mass is 10.0. The van der Waals surface area contributed by atoms with E-state index in [0.29, 0.717) is 18.0 Å². The summed E-state index contributed by atoms with van der Waals surface area (Å²) < 4.78 is 27.3. The first-order chi connectivity index (χ1) is 12.8. The van der Waals surface area contributed by atoms with Gasteiger partial charge >= 0.3 is 0 Å². The van der Waals surface area contributed by atoms with Crippen molar-refractivity contribution in [3.8, 4) is 0 Å². The predicted molar refractivity (Wildman–Crippen MR) is 106 cm³/mol. The van der Waals surface area contributed by atoms with Crippen molar-refractivity contribution in [2.45, 2.75) is 37.3 Å². The van der Waals surface area contributed by atoms with E-state index in [9.17, 15) is 18.3 Å². The Balaban J connectivity index is 1.98. The molecule has 0 spiro atoms. The molecule has 1 aliphatic rings. The van der Waals surface area contributed by atoms with Crippen LogP contribution in [0.2, 0.25) is 0 Å². The smallest absolute Gasteiger partial charge is 0.252 e. The van der Waals surface area contributed by atoms with Crippen LogP contribution in [0.25, 0.3) is 11.6 Å². The van der Waals surface area contributed by atoms with E-state index in [4.69, 9.17) is 0 Å². The van der Waals surface area contributed by atoms with Crippen LogP contribution in [0.5, 0.6) is 0 Å². The van der Waals surface area contributed by atoms with Gasteiger partial charge in [0.15, 0.2) is 0 Å². The molecule has 1 fully saturated rings. The molecule has 2 heterocycles. The van der Waals surface area contributed by atoms with E-state index < -0.39 is 16.0 Å². The van der Waals surface area contributed by atoms with Crippen LogP contribution < -0.4 is 5.11 Å². The SMILES string of the molecule is Cc1ccc(C)c(/C=C(/C(=O)[O-])c2ccc(S(=O)(=O)N3CCCCC3)s2)c1. The third-order valence-electron chi connectivity index (χ3n) is 4.71. The average molecular weight is 405 g/mol. The Labute approximate surface area is 164 Å². The summed E-state index contributed by atoms with van der Waals surface area (Å²) in [6, 6.07) is 8.82. The molecule has 0 atom stereocenters. The number of thiophene rings is 1. The van der Waals surface area contributed by atoms with E-state index in [-0.39, 0.29) is 9.78 Å². The second-order valence-corrected chi connectivity index (χ2v) is 10.0. The number of carboxylic acids is 1. The standard InChI is InChI=1S/C20H23NO4S2/c1-14-6-7-15(2)16(12-14)13-17(20(22)23)18-8-9-19(26-18)27(24,25)21-10-4-3-5-11-21/h6-9,12-13H,3-5,10-11H2,1-2H3,(H,22,23)/p-1/b17-13+. The van der Waals surface area contributed by atoms with Crippen molar-refractivity contribution in [2.75, 3.05) is 13.1 Å². The second kappa shape index (κ2) is 7.96. The fourth-order valence-electron chi connectivity index (χ4n) is 3.14. The number of hydrogen-bond donors (Lipinski definition) is 0. The van der Waals surface area contributed by atoms with Crippen LogP contribution >= 0.6 is 11.3 Å². The lowest BCUT2D eigenvalue weighted by molar-refractivity contribution is -0.295. The van der Waals surface area contributed by atoms with Gasteiger partial charge in [0.2, 0.25) is 0 Å². The Morgan fingerprint density at radius 3 is 2.48 bits per heavy atom. The molecule has 0 aliphatic carbocycles. The van der Waals surface area contributed by atoms with Gasteiger partial charge in [0.1, 0.15) is 4.21 Å². The van der Waals surface area contributed by atoms with Crippen molar-refractivity contribution < 1.29 is 18.3 Å². The summed E-state index contributed by atoms with van der Waals surface area (Å²) in [6.45, 7) is 4.87. The van der Waals surface area contributed by atoms with E-state index in [1.807, 2.05) is 32.0 Å². The normalized spacial score (nSPS) is 16.4. The Morgan fingerprint density at radius 1 is 1.11 bits per heavy atom. The molecule has 1 aromatic heterocycles. The van der Waals surface area contributed by atoms with Gasteiger partial charge in [0.05, 0.1) is 5.97 Å². The minimum atomic E-state index is -3.58. The van der Waals surface area contributed by atoms with Gasteiger partial charge in [-0.25, -0.2) is 8.42 Å². The Kier molecular flexibility index (Phi) is 5.83. The molecule has 3 rings (SSSR count). The first-order valence-corrected chi connectivity index (χ1v) is 11.2.